The number of unbranched alkanes of at least 4 members (excludes halogenated alkanes) is 9. The zero-order valence-corrected chi connectivity index (χ0v) is 14.9. The lowest BCUT2D eigenvalue weighted by atomic mass is 10.1. The van der Waals surface area contributed by atoms with Crippen LogP contribution in [0, 0.1) is 6.92 Å². The molecular formula is C20H39O2. The van der Waals surface area contributed by atoms with E-state index < -0.39 is 0 Å². The van der Waals surface area contributed by atoms with Crippen molar-refractivity contribution in [2.24, 2.45) is 0 Å². The van der Waals surface area contributed by atoms with Gasteiger partial charge in [-0.15, -0.1) is 0 Å². The highest BCUT2D eigenvalue weighted by atomic mass is 16.5. The zero-order valence-electron chi connectivity index (χ0n) is 14.9. The molecule has 22 heavy (non-hydrogen) atoms. The first-order valence-corrected chi connectivity index (χ1v) is 9.51. The van der Waals surface area contributed by atoms with Crippen molar-refractivity contribution in [1.82, 2.24) is 0 Å². The van der Waals surface area contributed by atoms with Crippen molar-refractivity contribution in [1.29, 1.82) is 0 Å². The normalized spacial score (nSPS) is 13.0. The van der Waals surface area contributed by atoms with Gasteiger partial charge in [0.2, 0.25) is 0 Å². The minimum absolute atomic E-state index is 0.127. The van der Waals surface area contributed by atoms with E-state index in [4.69, 9.17) is 9.84 Å². The number of hydrogen-bond donors (Lipinski definition) is 1. The van der Waals surface area contributed by atoms with Crippen molar-refractivity contribution in [3.8, 4) is 0 Å². The summed E-state index contributed by atoms with van der Waals surface area (Å²) in [5.74, 6) is 0. The molecular weight excluding hydrogens is 272 g/mol. The van der Waals surface area contributed by atoms with Gasteiger partial charge < -0.3 is 9.84 Å². The Bertz CT molecular complexity index is 226. The number of aliphatic hydroxyl groups excluding tert-OH is 1. The predicted octanol–water partition coefficient (Wildman–Crippen LogP) is 5.85. The van der Waals surface area contributed by atoms with Crippen LogP contribution in [0.3, 0.4) is 0 Å². The monoisotopic (exact) mass is 311 g/mol. The molecule has 1 unspecified atom stereocenters. The molecule has 0 fully saturated rings. The topological polar surface area (TPSA) is 29.5 Å². The van der Waals surface area contributed by atoms with Gasteiger partial charge in [-0.05, 0) is 25.7 Å². The Kier molecular flexibility index (Phi) is 18.4. The second kappa shape index (κ2) is 18.7. The van der Waals surface area contributed by atoms with Crippen molar-refractivity contribution >= 4 is 0 Å². The lowest BCUT2D eigenvalue weighted by Crippen LogP contribution is -2.14. The Labute approximate surface area is 139 Å². The van der Waals surface area contributed by atoms with Gasteiger partial charge in [-0.1, -0.05) is 83.8 Å². The van der Waals surface area contributed by atoms with Crippen LogP contribution in [0.25, 0.3) is 0 Å². The molecule has 0 aromatic heterocycles. The summed E-state index contributed by atoms with van der Waals surface area (Å²) in [6.07, 6.45) is 21.0. The summed E-state index contributed by atoms with van der Waals surface area (Å²) in [4.78, 5) is 0. The molecule has 0 saturated carbocycles. The Morgan fingerprint density at radius 3 is 2.41 bits per heavy atom. The molecule has 0 aromatic carbocycles. The summed E-state index contributed by atoms with van der Waals surface area (Å²) in [5, 5.41) is 8.91. The van der Waals surface area contributed by atoms with Crippen LogP contribution in [0.15, 0.2) is 12.2 Å². The number of hydrogen-bond acceptors (Lipinski definition) is 2. The third-order valence-electron chi connectivity index (χ3n) is 4.01. The van der Waals surface area contributed by atoms with Gasteiger partial charge in [0.05, 0.1) is 19.3 Å². The Balaban J connectivity index is 3.64. The molecule has 0 spiro atoms. The lowest BCUT2D eigenvalue weighted by Gasteiger charge is -2.15. The van der Waals surface area contributed by atoms with Crippen LogP contribution >= 0.6 is 0 Å². The van der Waals surface area contributed by atoms with E-state index in [0.717, 1.165) is 19.3 Å². The first kappa shape index (κ1) is 21.7. The zero-order chi connectivity index (χ0) is 16.3. The van der Waals surface area contributed by atoms with Crippen molar-refractivity contribution in [3.63, 3.8) is 0 Å². The van der Waals surface area contributed by atoms with Crippen molar-refractivity contribution < 1.29 is 9.84 Å². The van der Waals surface area contributed by atoms with Crippen LogP contribution in [-0.2, 0) is 4.74 Å². The SMILES string of the molecule is [CH2]CCCCCCC/C=C\CC(CCCCCC)OCCO. The van der Waals surface area contributed by atoms with Crippen molar-refractivity contribution in [2.75, 3.05) is 13.2 Å². The summed E-state index contributed by atoms with van der Waals surface area (Å²) < 4.78 is 5.74. The second-order valence-electron chi connectivity index (χ2n) is 6.18. The summed E-state index contributed by atoms with van der Waals surface area (Å²) >= 11 is 0. The standard InChI is InChI=1S/C20H39O2/c1-3-5-7-9-10-11-12-13-15-17-20(22-19-18-21)16-14-8-6-4-2/h13,15,20-21H,1,3-12,14,16-19H2,2H3/b15-13-. The third-order valence-corrected chi connectivity index (χ3v) is 4.01. The molecule has 0 bridgehead atoms. The van der Waals surface area contributed by atoms with E-state index in [1.54, 1.807) is 0 Å². The predicted molar refractivity (Wildman–Crippen MR) is 97.0 cm³/mol. The molecule has 0 amide bonds. The van der Waals surface area contributed by atoms with E-state index in [0.29, 0.717) is 6.61 Å². The Morgan fingerprint density at radius 1 is 0.955 bits per heavy atom. The van der Waals surface area contributed by atoms with Gasteiger partial charge in [0.15, 0.2) is 0 Å². The fraction of sp³-hybridized carbons (Fsp3) is 0.850. The average Bonchev–Trinajstić information content (AvgIpc) is 2.54. The van der Waals surface area contributed by atoms with Crippen molar-refractivity contribution in [2.45, 2.75) is 96.5 Å². The van der Waals surface area contributed by atoms with Crippen LogP contribution in [0.1, 0.15) is 90.4 Å². The van der Waals surface area contributed by atoms with Crippen molar-refractivity contribution in [3.05, 3.63) is 19.1 Å². The number of allylic oxidation sites excluding steroid dienone is 1. The highest BCUT2D eigenvalue weighted by Gasteiger charge is 2.06. The molecule has 0 aromatic rings. The minimum atomic E-state index is 0.127. The van der Waals surface area contributed by atoms with Gasteiger partial charge in [0, 0.05) is 0 Å². The van der Waals surface area contributed by atoms with E-state index in [-0.39, 0.29) is 12.7 Å². The second-order valence-corrected chi connectivity index (χ2v) is 6.18. The van der Waals surface area contributed by atoms with E-state index in [1.165, 1.54) is 64.2 Å². The van der Waals surface area contributed by atoms with Gasteiger partial charge in [-0.25, -0.2) is 0 Å². The van der Waals surface area contributed by atoms with E-state index in [2.05, 4.69) is 26.0 Å². The van der Waals surface area contributed by atoms with Gasteiger partial charge >= 0.3 is 0 Å². The van der Waals surface area contributed by atoms with Gasteiger partial charge in [0.1, 0.15) is 0 Å². The highest BCUT2D eigenvalue weighted by Crippen LogP contribution is 2.13. The lowest BCUT2D eigenvalue weighted by molar-refractivity contribution is 0.0245. The summed E-state index contributed by atoms with van der Waals surface area (Å²) in [7, 11) is 0. The molecule has 1 radical (unpaired) electrons. The highest BCUT2D eigenvalue weighted by molar-refractivity contribution is 4.84. The maximum absolute atomic E-state index is 8.91. The average molecular weight is 312 g/mol. The Hall–Kier alpha value is -0.340. The molecule has 1 N–H and O–H groups in total. The number of ether oxygens (including phenoxy) is 1. The molecule has 0 aliphatic heterocycles. The van der Waals surface area contributed by atoms with Crippen LogP contribution in [0.2, 0.25) is 0 Å². The smallest absolute Gasteiger partial charge is 0.0701 e. The molecule has 1 atom stereocenters. The number of rotatable bonds is 17. The summed E-state index contributed by atoms with van der Waals surface area (Å²) in [5.41, 5.74) is 0. The summed E-state index contributed by atoms with van der Waals surface area (Å²) in [6.45, 7) is 6.71. The fourth-order valence-electron chi connectivity index (χ4n) is 2.62. The molecule has 2 heteroatoms. The van der Waals surface area contributed by atoms with E-state index in [1.807, 2.05) is 0 Å². The maximum atomic E-state index is 8.91. The van der Waals surface area contributed by atoms with Crippen LogP contribution in [0.4, 0.5) is 0 Å². The van der Waals surface area contributed by atoms with Crippen LogP contribution in [0.5, 0.6) is 0 Å². The van der Waals surface area contributed by atoms with Gasteiger partial charge in [-0.3, -0.25) is 0 Å². The number of aliphatic hydroxyl groups is 1. The van der Waals surface area contributed by atoms with Crippen LogP contribution in [-0.4, -0.2) is 24.4 Å². The molecule has 0 rings (SSSR count). The van der Waals surface area contributed by atoms with E-state index in [9.17, 15) is 0 Å². The first-order valence-electron chi connectivity index (χ1n) is 9.51. The fourth-order valence-corrected chi connectivity index (χ4v) is 2.62. The molecule has 0 aliphatic carbocycles. The minimum Gasteiger partial charge on any atom is -0.394 e. The van der Waals surface area contributed by atoms with E-state index >= 15 is 0 Å². The maximum Gasteiger partial charge on any atom is 0.0701 e. The van der Waals surface area contributed by atoms with Crippen LogP contribution < -0.4 is 0 Å². The molecule has 2 nitrogen and oxygen atoms in total. The molecule has 0 heterocycles. The molecule has 131 valence electrons. The molecule has 0 saturated heterocycles. The van der Waals surface area contributed by atoms with Gasteiger partial charge in [-0.2, -0.15) is 0 Å². The first-order chi connectivity index (χ1) is 10.8. The largest absolute Gasteiger partial charge is 0.394 e. The summed E-state index contributed by atoms with van der Waals surface area (Å²) in [6, 6.07) is 0. The quantitative estimate of drug-likeness (QED) is 0.270. The molecule has 0 aliphatic rings. The van der Waals surface area contributed by atoms with Gasteiger partial charge in [0.25, 0.3) is 0 Å². The third kappa shape index (κ3) is 16.0. The Morgan fingerprint density at radius 2 is 1.68 bits per heavy atom.